The smallest absolute Gasteiger partial charge is 0.227 e. The van der Waals surface area contributed by atoms with Gasteiger partial charge in [-0.05, 0) is 12.1 Å². The summed E-state index contributed by atoms with van der Waals surface area (Å²) in [6.07, 6.45) is 2.00. The van der Waals surface area contributed by atoms with Crippen LogP contribution < -0.4 is 10.6 Å². The van der Waals surface area contributed by atoms with Crippen LogP contribution in [0.2, 0.25) is 0 Å². The number of benzene rings is 1. The van der Waals surface area contributed by atoms with E-state index in [0.29, 0.717) is 13.0 Å². The molecule has 0 aliphatic carbocycles. The molecule has 0 bridgehead atoms. The van der Waals surface area contributed by atoms with Crippen molar-refractivity contribution in [2.75, 3.05) is 25.0 Å². The van der Waals surface area contributed by atoms with Gasteiger partial charge >= 0.3 is 0 Å². The van der Waals surface area contributed by atoms with Crippen molar-refractivity contribution in [3.05, 3.63) is 36.5 Å². The normalized spacial score (nSPS) is 18.9. The molecule has 1 aromatic carbocycles. The van der Waals surface area contributed by atoms with E-state index >= 15 is 0 Å². The average molecular weight is 271 g/mol. The summed E-state index contributed by atoms with van der Waals surface area (Å²) in [5.74, 6) is -0.0456. The number of ether oxygens (including phenoxy) is 1. The van der Waals surface area contributed by atoms with Crippen molar-refractivity contribution in [2.45, 2.75) is 12.5 Å². The van der Waals surface area contributed by atoms with E-state index in [2.05, 4.69) is 15.6 Å². The van der Waals surface area contributed by atoms with Crippen LogP contribution in [0, 0.1) is 0 Å². The van der Waals surface area contributed by atoms with Gasteiger partial charge in [0.2, 0.25) is 5.91 Å². The Bertz CT molecular complexity index is 609. The standard InChI is InChI=1S/C15H17N3O2/c19-15(8-13-10-16-5-6-20-13)18-12-7-11-3-1-2-4-14(11)17-9-12/h1-4,7,9,13,16H,5-6,8,10H2,(H,18,19). The molecular weight excluding hydrogens is 254 g/mol. The monoisotopic (exact) mass is 271 g/mol. The highest BCUT2D eigenvalue weighted by atomic mass is 16.5. The van der Waals surface area contributed by atoms with E-state index in [1.165, 1.54) is 0 Å². The third-order valence-corrected chi connectivity index (χ3v) is 3.29. The summed E-state index contributed by atoms with van der Waals surface area (Å²) >= 11 is 0. The van der Waals surface area contributed by atoms with Crippen molar-refractivity contribution >= 4 is 22.5 Å². The molecule has 5 nitrogen and oxygen atoms in total. The molecule has 20 heavy (non-hydrogen) atoms. The second kappa shape index (κ2) is 5.98. The molecule has 1 amide bonds. The lowest BCUT2D eigenvalue weighted by atomic mass is 10.2. The minimum absolute atomic E-state index is 0.0443. The number of amides is 1. The summed E-state index contributed by atoms with van der Waals surface area (Å²) in [6.45, 7) is 2.24. The van der Waals surface area contributed by atoms with Crippen LogP contribution in [-0.2, 0) is 9.53 Å². The highest BCUT2D eigenvalue weighted by molar-refractivity contribution is 5.93. The maximum atomic E-state index is 12.0. The highest BCUT2D eigenvalue weighted by Gasteiger charge is 2.17. The van der Waals surface area contributed by atoms with Gasteiger partial charge in [-0.3, -0.25) is 9.78 Å². The van der Waals surface area contributed by atoms with Gasteiger partial charge in [-0.1, -0.05) is 18.2 Å². The van der Waals surface area contributed by atoms with E-state index in [1.807, 2.05) is 30.3 Å². The number of nitrogens with one attached hydrogen (secondary N) is 2. The van der Waals surface area contributed by atoms with E-state index in [1.54, 1.807) is 6.20 Å². The third-order valence-electron chi connectivity index (χ3n) is 3.29. The fourth-order valence-electron chi connectivity index (χ4n) is 2.31. The molecule has 1 saturated heterocycles. The third kappa shape index (κ3) is 3.12. The Morgan fingerprint density at radius 1 is 1.45 bits per heavy atom. The molecule has 0 spiro atoms. The van der Waals surface area contributed by atoms with E-state index in [-0.39, 0.29) is 12.0 Å². The van der Waals surface area contributed by atoms with Crippen LogP contribution in [0.5, 0.6) is 0 Å². The van der Waals surface area contributed by atoms with Gasteiger partial charge in [0, 0.05) is 18.5 Å². The molecule has 1 fully saturated rings. The first kappa shape index (κ1) is 13.0. The van der Waals surface area contributed by atoms with Crippen LogP contribution >= 0.6 is 0 Å². The van der Waals surface area contributed by atoms with Gasteiger partial charge in [0.1, 0.15) is 0 Å². The number of anilines is 1. The van der Waals surface area contributed by atoms with Crippen molar-refractivity contribution in [3.63, 3.8) is 0 Å². The van der Waals surface area contributed by atoms with Crippen molar-refractivity contribution in [1.29, 1.82) is 0 Å². The van der Waals surface area contributed by atoms with Crippen LogP contribution in [0.3, 0.4) is 0 Å². The summed E-state index contributed by atoms with van der Waals surface area (Å²) in [5.41, 5.74) is 1.64. The molecule has 1 aliphatic heterocycles. The van der Waals surface area contributed by atoms with Crippen LogP contribution in [0.15, 0.2) is 36.5 Å². The maximum Gasteiger partial charge on any atom is 0.227 e. The SMILES string of the molecule is O=C(CC1CNCCO1)Nc1cnc2ccccc2c1. The quantitative estimate of drug-likeness (QED) is 0.889. The topological polar surface area (TPSA) is 63.2 Å². The molecular formula is C15H17N3O2. The van der Waals surface area contributed by atoms with Crippen molar-refractivity contribution in [3.8, 4) is 0 Å². The summed E-state index contributed by atoms with van der Waals surface area (Å²) in [4.78, 5) is 16.3. The molecule has 1 atom stereocenters. The Kier molecular flexibility index (Phi) is 3.90. The number of fused-ring (bicyclic) bond motifs is 1. The Labute approximate surface area is 117 Å². The van der Waals surface area contributed by atoms with E-state index in [0.717, 1.165) is 29.7 Å². The number of hydrogen-bond donors (Lipinski definition) is 2. The van der Waals surface area contributed by atoms with Gasteiger partial charge < -0.3 is 15.4 Å². The number of nitrogens with zero attached hydrogens (tertiary/aromatic N) is 1. The van der Waals surface area contributed by atoms with Crippen molar-refractivity contribution < 1.29 is 9.53 Å². The number of pyridine rings is 1. The van der Waals surface area contributed by atoms with Crippen LogP contribution in [-0.4, -0.2) is 36.7 Å². The summed E-state index contributed by atoms with van der Waals surface area (Å²) < 4.78 is 5.52. The van der Waals surface area contributed by atoms with Gasteiger partial charge in [0.05, 0.1) is 36.5 Å². The molecule has 0 saturated carbocycles. The minimum Gasteiger partial charge on any atom is -0.375 e. The van der Waals surface area contributed by atoms with Crippen LogP contribution in [0.4, 0.5) is 5.69 Å². The molecule has 1 unspecified atom stereocenters. The van der Waals surface area contributed by atoms with Gasteiger partial charge in [-0.15, -0.1) is 0 Å². The summed E-state index contributed by atoms with van der Waals surface area (Å²) in [5, 5.41) is 7.10. The Morgan fingerprint density at radius 3 is 3.20 bits per heavy atom. The molecule has 1 aromatic heterocycles. The molecule has 2 N–H and O–H groups in total. The second-order valence-corrected chi connectivity index (χ2v) is 4.87. The van der Waals surface area contributed by atoms with E-state index < -0.39 is 0 Å². The zero-order valence-electron chi connectivity index (χ0n) is 11.1. The van der Waals surface area contributed by atoms with Crippen molar-refractivity contribution in [2.24, 2.45) is 0 Å². The number of hydrogen-bond acceptors (Lipinski definition) is 4. The van der Waals surface area contributed by atoms with E-state index in [4.69, 9.17) is 4.74 Å². The average Bonchev–Trinajstić information content (AvgIpc) is 2.48. The predicted molar refractivity (Wildman–Crippen MR) is 77.6 cm³/mol. The molecule has 2 aromatic rings. The number of aromatic nitrogens is 1. The number of rotatable bonds is 3. The molecule has 2 heterocycles. The van der Waals surface area contributed by atoms with Gasteiger partial charge in [0.15, 0.2) is 0 Å². The highest BCUT2D eigenvalue weighted by Crippen LogP contribution is 2.16. The lowest BCUT2D eigenvalue weighted by Crippen LogP contribution is -2.40. The van der Waals surface area contributed by atoms with Gasteiger partial charge in [-0.2, -0.15) is 0 Å². The number of carbonyl (C=O) groups is 1. The fraction of sp³-hybridized carbons (Fsp3) is 0.333. The Morgan fingerprint density at radius 2 is 2.35 bits per heavy atom. The molecule has 3 rings (SSSR count). The minimum atomic E-state index is -0.0456. The fourth-order valence-corrected chi connectivity index (χ4v) is 2.31. The zero-order valence-corrected chi connectivity index (χ0v) is 11.1. The Hall–Kier alpha value is -1.98. The van der Waals surface area contributed by atoms with Gasteiger partial charge in [0.25, 0.3) is 0 Å². The maximum absolute atomic E-state index is 12.0. The van der Waals surface area contributed by atoms with Crippen molar-refractivity contribution in [1.82, 2.24) is 10.3 Å². The first-order valence-corrected chi connectivity index (χ1v) is 6.78. The molecule has 5 heteroatoms. The second-order valence-electron chi connectivity index (χ2n) is 4.87. The first-order chi connectivity index (χ1) is 9.81. The lowest BCUT2D eigenvalue weighted by molar-refractivity contribution is -0.119. The predicted octanol–water partition coefficient (Wildman–Crippen LogP) is 1.55. The van der Waals surface area contributed by atoms with Crippen LogP contribution in [0.25, 0.3) is 10.9 Å². The van der Waals surface area contributed by atoms with Gasteiger partial charge in [-0.25, -0.2) is 0 Å². The summed E-state index contributed by atoms with van der Waals surface area (Å²) in [6, 6.07) is 9.76. The molecule has 1 aliphatic rings. The zero-order chi connectivity index (χ0) is 13.8. The number of carbonyl (C=O) groups excluding carboxylic acids is 1. The molecule has 0 radical (unpaired) electrons. The number of morpholine rings is 1. The van der Waals surface area contributed by atoms with E-state index in [9.17, 15) is 4.79 Å². The largest absolute Gasteiger partial charge is 0.375 e. The van der Waals surface area contributed by atoms with Crippen LogP contribution in [0.1, 0.15) is 6.42 Å². The lowest BCUT2D eigenvalue weighted by Gasteiger charge is -2.23. The first-order valence-electron chi connectivity index (χ1n) is 6.78. The molecule has 104 valence electrons. The summed E-state index contributed by atoms with van der Waals surface area (Å²) in [7, 11) is 0. The number of para-hydroxylation sites is 1. The Balaban J connectivity index is 1.64.